The van der Waals surface area contributed by atoms with Gasteiger partial charge in [0.2, 0.25) is 0 Å². The molecule has 16 heavy (non-hydrogen) atoms. The fourth-order valence-electron chi connectivity index (χ4n) is 1.11. The monoisotopic (exact) mass is 245 g/mol. The van der Waals surface area contributed by atoms with Crippen molar-refractivity contribution in [1.82, 2.24) is 10.2 Å². The van der Waals surface area contributed by atoms with Gasteiger partial charge in [0.15, 0.2) is 0 Å². The number of nitrogens with one attached hydrogen (secondary N) is 2. The number of rotatable bonds is 7. The number of H-pyrrole nitrogens is 1. The number of nitrogens with zero attached hydrogens (tertiary/aromatic N) is 1. The molecule has 0 aliphatic rings. The van der Waals surface area contributed by atoms with Gasteiger partial charge in [-0.1, -0.05) is 24.9 Å². The summed E-state index contributed by atoms with van der Waals surface area (Å²) in [5.41, 5.74) is 0.142. The van der Waals surface area contributed by atoms with Crippen LogP contribution in [0.3, 0.4) is 0 Å². The second kappa shape index (κ2) is 7.24. The molecule has 0 radical (unpaired) electrons. The van der Waals surface area contributed by atoms with E-state index >= 15 is 0 Å². The average Bonchev–Trinajstić information content (AvgIpc) is 2.29. The first-order valence-corrected chi connectivity index (χ1v) is 5.68. The van der Waals surface area contributed by atoms with Crippen LogP contribution in [0.4, 0.5) is 5.69 Å². The lowest BCUT2D eigenvalue weighted by molar-refractivity contribution is 0.141. The minimum Gasteiger partial charge on any atom is -0.380 e. The van der Waals surface area contributed by atoms with Crippen LogP contribution in [0.25, 0.3) is 0 Å². The SMILES string of the molecule is CCCCOCCNc1cn[nH]c(=O)c1Cl. The molecule has 90 valence electrons. The van der Waals surface area contributed by atoms with Crippen molar-refractivity contribution in [2.45, 2.75) is 19.8 Å². The van der Waals surface area contributed by atoms with E-state index in [4.69, 9.17) is 16.3 Å². The number of unbranched alkanes of at least 4 members (excludes halogenated alkanes) is 1. The molecule has 5 nitrogen and oxygen atoms in total. The smallest absolute Gasteiger partial charge is 0.285 e. The van der Waals surface area contributed by atoms with Crippen LogP contribution in [0.15, 0.2) is 11.0 Å². The van der Waals surface area contributed by atoms with E-state index in [1.807, 2.05) is 0 Å². The normalized spacial score (nSPS) is 10.4. The van der Waals surface area contributed by atoms with Crippen LogP contribution in [-0.4, -0.2) is 30.0 Å². The third-order valence-corrected chi connectivity index (χ3v) is 2.37. The maximum Gasteiger partial charge on any atom is 0.285 e. The number of hydrogen-bond donors (Lipinski definition) is 2. The Labute approximate surface area is 99.2 Å². The summed E-state index contributed by atoms with van der Waals surface area (Å²) >= 11 is 5.77. The zero-order valence-electron chi connectivity index (χ0n) is 9.25. The van der Waals surface area contributed by atoms with E-state index in [1.54, 1.807) is 0 Å². The Kier molecular flexibility index (Phi) is 5.88. The molecule has 0 aliphatic carbocycles. The first-order chi connectivity index (χ1) is 7.75. The number of anilines is 1. The highest BCUT2D eigenvalue weighted by Crippen LogP contribution is 2.13. The zero-order valence-corrected chi connectivity index (χ0v) is 10.0. The molecule has 0 saturated carbocycles. The molecule has 1 aromatic rings. The molecular formula is C10H16ClN3O2. The number of ether oxygens (including phenoxy) is 1. The lowest BCUT2D eigenvalue weighted by atomic mass is 10.4. The highest BCUT2D eigenvalue weighted by molar-refractivity contribution is 6.32. The molecule has 1 rings (SSSR count). The van der Waals surface area contributed by atoms with E-state index < -0.39 is 5.56 Å². The summed E-state index contributed by atoms with van der Waals surface area (Å²) in [6, 6.07) is 0. The minimum absolute atomic E-state index is 0.128. The second-order valence-electron chi connectivity index (χ2n) is 3.32. The molecule has 0 atom stereocenters. The minimum atomic E-state index is -0.390. The Balaban J connectivity index is 2.27. The molecular weight excluding hydrogens is 230 g/mol. The average molecular weight is 246 g/mol. The van der Waals surface area contributed by atoms with Crippen molar-refractivity contribution >= 4 is 17.3 Å². The van der Waals surface area contributed by atoms with Crippen molar-refractivity contribution in [3.05, 3.63) is 21.6 Å². The molecule has 1 aromatic heterocycles. The third kappa shape index (κ3) is 4.20. The van der Waals surface area contributed by atoms with Gasteiger partial charge in [0.1, 0.15) is 5.02 Å². The van der Waals surface area contributed by atoms with Gasteiger partial charge in [-0.05, 0) is 6.42 Å². The van der Waals surface area contributed by atoms with Gasteiger partial charge < -0.3 is 10.1 Å². The lowest BCUT2D eigenvalue weighted by Crippen LogP contribution is -2.15. The van der Waals surface area contributed by atoms with Crippen LogP contribution in [0.2, 0.25) is 5.02 Å². The van der Waals surface area contributed by atoms with Gasteiger partial charge in [0.25, 0.3) is 5.56 Å². The van der Waals surface area contributed by atoms with Gasteiger partial charge in [-0.15, -0.1) is 0 Å². The van der Waals surface area contributed by atoms with Crippen molar-refractivity contribution in [2.75, 3.05) is 25.1 Å². The number of hydrogen-bond acceptors (Lipinski definition) is 4. The van der Waals surface area contributed by atoms with Crippen molar-refractivity contribution in [2.24, 2.45) is 0 Å². The van der Waals surface area contributed by atoms with Gasteiger partial charge >= 0.3 is 0 Å². The summed E-state index contributed by atoms with van der Waals surface area (Å²) in [6.45, 7) is 4.07. The molecule has 1 heterocycles. The van der Waals surface area contributed by atoms with E-state index in [1.165, 1.54) is 6.20 Å². The van der Waals surface area contributed by atoms with E-state index in [0.29, 0.717) is 18.8 Å². The Morgan fingerprint density at radius 2 is 2.38 bits per heavy atom. The fourth-order valence-corrected chi connectivity index (χ4v) is 1.27. The van der Waals surface area contributed by atoms with Gasteiger partial charge in [0, 0.05) is 13.2 Å². The predicted octanol–water partition coefficient (Wildman–Crippen LogP) is 1.65. The number of halogens is 1. The van der Waals surface area contributed by atoms with Crippen molar-refractivity contribution < 1.29 is 4.74 Å². The maximum atomic E-state index is 11.1. The Morgan fingerprint density at radius 3 is 3.12 bits per heavy atom. The van der Waals surface area contributed by atoms with Gasteiger partial charge in [-0.25, -0.2) is 5.10 Å². The van der Waals surface area contributed by atoms with Crippen LogP contribution in [-0.2, 0) is 4.74 Å². The summed E-state index contributed by atoms with van der Waals surface area (Å²) in [6.07, 6.45) is 3.67. The molecule has 0 fully saturated rings. The molecule has 0 bridgehead atoms. The topological polar surface area (TPSA) is 67.0 Å². The first-order valence-electron chi connectivity index (χ1n) is 5.30. The van der Waals surface area contributed by atoms with Gasteiger partial charge in [0.05, 0.1) is 18.5 Å². The summed E-state index contributed by atoms with van der Waals surface area (Å²) in [4.78, 5) is 11.1. The van der Waals surface area contributed by atoms with Crippen LogP contribution >= 0.6 is 11.6 Å². The van der Waals surface area contributed by atoms with Crippen LogP contribution in [0.1, 0.15) is 19.8 Å². The molecule has 6 heteroatoms. The standard InChI is InChI=1S/C10H16ClN3O2/c1-2-3-5-16-6-4-12-8-7-13-14-10(15)9(8)11/h7H,2-6H2,1H3,(H2,12,14,15). The third-order valence-electron chi connectivity index (χ3n) is 2.00. The molecule has 0 saturated heterocycles. The number of aromatic amines is 1. The zero-order chi connectivity index (χ0) is 11.8. The number of aromatic nitrogens is 2. The fraction of sp³-hybridized carbons (Fsp3) is 0.600. The largest absolute Gasteiger partial charge is 0.380 e. The predicted molar refractivity (Wildman–Crippen MR) is 64.1 cm³/mol. The molecule has 0 aromatic carbocycles. The Morgan fingerprint density at radius 1 is 1.56 bits per heavy atom. The Hall–Kier alpha value is -1.07. The van der Waals surface area contributed by atoms with Crippen molar-refractivity contribution in [3.8, 4) is 0 Å². The highest BCUT2D eigenvalue weighted by Gasteiger charge is 2.03. The molecule has 0 amide bonds. The molecule has 0 aliphatic heterocycles. The van der Waals surface area contributed by atoms with Crippen molar-refractivity contribution in [1.29, 1.82) is 0 Å². The Bertz CT molecular complexity index is 367. The molecule has 0 spiro atoms. The summed E-state index contributed by atoms with van der Waals surface area (Å²) < 4.78 is 5.35. The van der Waals surface area contributed by atoms with E-state index in [2.05, 4.69) is 22.4 Å². The van der Waals surface area contributed by atoms with Crippen LogP contribution in [0.5, 0.6) is 0 Å². The van der Waals surface area contributed by atoms with Crippen LogP contribution < -0.4 is 10.9 Å². The van der Waals surface area contributed by atoms with Crippen molar-refractivity contribution in [3.63, 3.8) is 0 Å². The summed E-state index contributed by atoms with van der Waals surface area (Å²) in [5, 5.41) is 9.02. The second-order valence-corrected chi connectivity index (χ2v) is 3.70. The summed E-state index contributed by atoms with van der Waals surface area (Å²) in [5.74, 6) is 0. The molecule has 0 unspecified atom stereocenters. The van der Waals surface area contributed by atoms with Crippen LogP contribution in [0, 0.1) is 0 Å². The quantitative estimate of drug-likeness (QED) is 0.717. The van der Waals surface area contributed by atoms with E-state index in [-0.39, 0.29) is 5.02 Å². The highest BCUT2D eigenvalue weighted by atomic mass is 35.5. The molecule has 2 N–H and O–H groups in total. The lowest BCUT2D eigenvalue weighted by Gasteiger charge is -2.07. The summed E-state index contributed by atoms with van der Waals surface area (Å²) in [7, 11) is 0. The maximum absolute atomic E-state index is 11.1. The van der Waals surface area contributed by atoms with E-state index in [9.17, 15) is 4.79 Å². The first kappa shape index (κ1) is 13.0. The van der Waals surface area contributed by atoms with E-state index in [0.717, 1.165) is 19.4 Å². The van der Waals surface area contributed by atoms with Gasteiger partial charge in [-0.3, -0.25) is 4.79 Å². The van der Waals surface area contributed by atoms with Gasteiger partial charge in [-0.2, -0.15) is 5.10 Å².